The highest BCUT2D eigenvalue weighted by atomic mass is 35.5. The lowest BCUT2D eigenvalue weighted by atomic mass is 10.2. The van der Waals surface area contributed by atoms with Crippen LogP contribution in [-0.2, 0) is 6.54 Å². The van der Waals surface area contributed by atoms with Gasteiger partial charge >= 0.3 is 0 Å². The van der Waals surface area contributed by atoms with Crippen molar-refractivity contribution in [3.05, 3.63) is 40.6 Å². The molecule has 4 rings (SSSR count). The van der Waals surface area contributed by atoms with Gasteiger partial charge in [0, 0.05) is 18.8 Å². The predicted molar refractivity (Wildman–Crippen MR) is 96.9 cm³/mol. The summed E-state index contributed by atoms with van der Waals surface area (Å²) in [4.78, 5) is 12.7. The van der Waals surface area contributed by atoms with E-state index in [0.29, 0.717) is 24.2 Å². The summed E-state index contributed by atoms with van der Waals surface area (Å²) in [6, 6.07) is 4.60. The molecule has 5 nitrogen and oxygen atoms in total. The first-order valence-electron chi connectivity index (χ1n) is 8.27. The first-order valence-corrected chi connectivity index (χ1v) is 9.53. The molecule has 0 unspecified atom stereocenters. The number of nitrogens with one attached hydrogen (secondary N) is 1. The minimum Gasteiger partial charge on any atom is -0.349 e. The molecule has 1 N–H and O–H groups in total. The zero-order valence-electron chi connectivity index (χ0n) is 13.2. The zero-order chi connectivity index (χ0) is 16.5. The molecule has 0 spiro atoms. The lowest BCUT2D eigenvalue weighted by molar-refractivity contribution is 0.0941. The lowest BCUT2D eigenvalue weighted by Crippen LogP contribution is -2.29. The van der Waals surface area contributed by atoms with Gasteiger partial charge in [-0.05, 0) is 30.4 Å². The first kappa shape index (κ1) is 15.7. The van der Waals surface area contributed by atoms with Crippen molar-refractivity contribution in [2.45, 2.75) is 38.3 Å². The summed E-state index contributed by atoms with van der Waals surface area (Å²) in [7, 11) is 0. The van der Waals surface area contributed by atoms with Crippen molar-refractivity contribution in [3.8, 4) is 0 Å². The minimum atomic E-state index is -0.0106. The van der Waals surface area contributed by atoms with E-state index in [1.54, 1.807) is 28.4 Å². The van der Waals surface area contributed by atoms with Gasteiger partial charge in [-0.2, -0.15) is 5.10 Å². The Hall–Kier alpha value is -1.79. The standard InChI is InChI=1S/C17H19ClN4OS/c18-12-10-20-21(11-12)7-6-19-17(23)15-9-16-14(5-8-24-16)22(15)13-3-1-2-4-13/h5,8-11,13H,1-4,6-7H2,(H,19,23). The Balaban J connectivity index is 1.51. The number of carbonyl (C=O) groups excluding carboxylic acids is 1. The lowest BCUT2D eigenvalue weighted by Gasteiger charge is -2.17. The molecular formula is C17H19ClN4OS. The molecule has 0 aliphatic heterocycles. The van der Waals surface area contributed by atoms with E-state index in [1.165, 1.54) is 23.1 Å². The van der Waals surface area contributed by atoms with Gasteiger partial charge in [-0.25, -0.2) is 0 Å². The van der Waals surface area contributed by atoms with Crippen LogP contribution in [0.25, 0.3) is 10.2 Å². The van der Waals surface area contributed by atoms with Crippen LogP contribution in [-0.4, -0.2) is 26.8 Å². The van der Waals surface area contributed by atoms with Crippen molar-refractivity contribution < 1.29 is 4.79 Å². The van der Waals surface area contributed by atoms with Crippen LogP contribution in [0, 0.1) is 0 Å². The molecule has 0 saturated heterocycles. The van der Waals surface area contributed by atoms with Crippen LogP contribution in [0.15, 0.2) is 29.9 Å². The minimum absolute atomic E-state index is 0.0106. The number of fused-ring (bicyclic) bond motifs is 1. The Morgan fingerprint density at radius 2 is 2.25 bits per heavy atom. The fourth-order valence-corrected chi connectivity index (χ4v) is 4.48. The van der Waals surface area contributed by atoms with Gasteiger partial charge in [0.15, 0.2) is 0 Å². The fourth-order valence-electron chi connectivity index (χ4n) is 3.51. The number of hydrogen-bond acceptors (Lipinski definition) is 3. The van der Waals surface area contributed by atoms with Gasteiger partial charge < -0.3 is 9.88 Å². The quantitative estimate of drug-likeness (QED) is 0.743. The van der Waals surface area contributed by atoms with Crippen LogP contribution in [0.1, 0.15) is 42.2 Å². The van der Waals surface area contributed by atoms with E-state index >= 15 is 0 Å². The van der Waals surface area contributed by atoms with Gasteiger partial charge in [-0.15, -0.1) is 11.3 Å². The van der Waals surface area contributed by atoms with Crippen molar-refractivity contribution in [2.24, 2.45) is 0 Å². The molecule has 126 valence electrons. The molecule has 1 amide bonds. The average molecular weight is 363 g/mol. The van der Waals surface area contributed by atoms with Crippen molar-refractivity contribution in [2.75, 3.05) is 6.54 Å². The second-order valence-electron chi connectivity index (χ2n) is 6.19. The normalized spacial score (nSPS) is 15.4. The van der Waals surface area contributed by atoms with Crippen molar-refractivity contribution in [1.29, 1.82) is 0 Å². The maximum absolute atomic E-state index is 12.7. The van der Waals surface area contributed by atoms with E-state index in [9.17, 15) is 4.79 Å². The number of thiophene rings is 1. The van der Waals surface area contributed by atoms with Gasteiger partial charge in [0.1, 0.15) is 5.69 Å². The topological polar surface area (TPSA) is 51.9 Å². The molecule has 0 atom stereocenters. The summed E-state index contributed by atoms with van der Waals surface area (Å²) < 4.78 is 5.17. The Labute approximate surface area is 149 Å². The number of carbonyl (C=O) groups is 1. The third kappa shape index (κ3) is 2.96. The van der Waals surface area contributed by atoms with Crippen molar-refractivity contribution in [3.63, 3.8) is 0 Å². The smallest absolute Gasteiger partial charge is 0.268 e. The molecule has 1 aliphatic carbocycles. The van der Waals surface area contributed by atoms with Crippen LogP contribution in [0.2, 0.25) is 5.02 Å². The predicted octanol–water partition coefficient (Wildman–Crippen LogP) is 4.10. The highest BCUT2D eigenvalue weighted by molar-refractivity contribution is 7.17. The molecular weight excluding hydrogens is 344 g/mol. The molecule has 1 aliphatic rings. The van der Waals surface area contributed by atoms with Gasteiger partial charge in [-0.1, -0.05) is 24.4 Å². The summed E-state index contributed by atoms with van der Waals surface area (Å²) in [6.45, 7) is 1.14. The molecule has 0 radical (unpaired) electrons. The van der Waals surface area contributed by atoms with Crippen LogP contribution in [0.4, 0.5) is 0 Å². The van der Waals surface area contributed by atoms with Crippen molar-refractivity contribution >= 4 is 39.1 Å². The SMILES string of the molecule is O=C(NCCn1cc(Cl)cn1)c1cc2sccc2n1C1CCCC1. The first-order chi connectivity index (χ1) is 11.7. The average Bonchev–Trinajstić information content (AvgIpc) is 3.30. The Morgan fingerprint density at radius 3 is 3.00 bits per heavy atom. The second-order valence-corrected chi connectivity index (χ2v) is 7.57. The van der Waals surface area contributed by atoms with E-state index in [2.05, 4.69) is 26.4 Å². The number of rotatable bonds is 5. The monoisotopic (exact) mass is 362 g/mol. The third-order valence-corrected chi connectivity index (χ3v) is 5.66. The number of aromatic nitrogens is 3. The van der Waals surface area contributed by atoms with Gasteiger partial charge in [0.2, 0.25) is 0 Å². The van der Waals surface area contributed by atoms with E-state index in [1.807, 2.05) is 6.07 Å². The molecule has 3 aromatic heterocycles. The third-order valence-electron chi connectivity index (χ3n) is 4.61. The number of halogens is 1. The molecule has 3 aromatic rings. The molecule has 7 heteroatoms. The maximum Gasteiger partial charge on any atom is 0.268 e. The molecule has 3 heterocycles. The molecule has 0 aromatic carbocycles. The van der Waals surface area contributed by atoms with Gasteiger partial charge in [-0.3, -0.25) is 9.48 Å². The summed E-state index contributed by atoms with van der Waals surface area (Å²) >= 11 is 7.54. The summed E-state index contributed by atoms with van der Waals surface area (Å²) in [5, 5.41) is 9.84. The van der Waals surface area contributed by atoms with Crippen LogP contribution in [0.5, 0.6) is 0 Å². The molecule has 1 saturated carbocycles. The molecule has 0 bridgehead atoms. The highest BCUT2D eigenvalue weighted by Crippen LogP contribution is 2.36. The Bertz CT molecular complexity index is 859. The largest absolute Gasteiger partial charge is 0.349 e. The van der Waals surface area contributed by atoms with Crippen LogP contribution < -0.4 is 5.32 Å². The number of hydrogen-bond donors (Lipinski definition) is 1. The molecule has 1 fully saturated rings. The Kier molecular flexibility index (Phi) is 4.33. The van der Waals surface area contributed by atoms with E-state index in [4.69, 9.17) is 11.6 Å². The van der Waals surface area contributed by atoms with Crippen LogP contribution in [0.3, 0.4) is 0 Å². The fraction of sp³-hybridized carbons (Fsp3) is 0.412. The number of amides is 1. The zero-order valence-corrected chi connectivity index (χ0v) is 14.8. The highest BCUT2D eigenvalue weighted by Gasteiger charge is 2.24. The van der Waals surface area contributed by atoms with Crippen LogP contribution >= 0.6 is 22.9 Å². The van der Waals surface area contributed by atoms with Crippen molar-refractivity contribution in [1.82, 2.24) is 19.7 Å². The summed E-state index contributed by atoms with van der Waals surface area (Å²) in [5.74, 6) is -0.0106. The van der Waals surface area contributed by atoms with E-state index in [-0.39, 0.29) is 5.91 Å². The summed E-state index contributed by atoms with van der Waals surface area (Å²) in [6.07, 6.45) is 8.16. The van der Waals surface area contributed by atoms with E-state index < -0.39 is 0 Å². The second kappa shape index (κ2) is 6.61. The van der Waals surface area contributed by atoms with Gasteiger partial charge in [0.25, 0.3) is 5.91 Å². The maximum atomic E-state index is 12.7. The van der Waals surface area contributed by atoms with E-state index in [0.717, 1.165) is 18.5 Å². The van der Waals surface area contributed by atoms with Gasteiger partial charge in [0.05, 0.1) is 28.0 Å². The Morgan fingerprint density at radius 1 is 1.42 bits per heavy atom. The summed E-state index contributed by atoms with van der Waals surface area (Å²) in [5.41, 5.74) is 1.97. The number of nitrogens with zero attached hydrogens (tertiary/aromatic N) is 3. The molecule has 24 heavy (non-hydrogen) atoms.